The minimum atomic E-state index is 0.184. The van der Waals surface area contributed by atoms with Crippen LogP contribution < -0.4 is 0 Å². The lowest BCUT2D eigenvalue weighted by molar-refractivity contribution is 0.280. The Morgan fingerprint density at radius 2 is 2.17 bits per heavy atom. The first-order valence-corrected chi connectivity index (χ1v) is 8.24. The van der Waals surface area contributed by atoms with Crippen molar-refractivity contribution in [1.29, 1.82) is 0 Å². The predicted octanol–water partition coefficient (Wildman–Crippen LogP) is 2.70. The number of nitrogens with zero attached hydrogens (tertiary/aromatic N) is 5. The molecule has 4 aromatic heterocycles. The van der Waals surface area contributed by atoms with Gasteiger partial charge in [0.1, 0.15) is 16.4 Å². The summed E-state index contributed by atoms with van der Waals surface area (Å²) in [4.78, 5) is 9.11. The predicted molar refractivity (Wildman–Crippen MR) is 89.2 cm³/mol. The summed E-state index contributed by atoms with van der Waals surface area (Å²) in [5, 5.41) is 16.2. The lowest BCUT2D eigenvalue weighted by Crippen LogP contribution is -1.96. The number of imidazole rings is 1. The molecule has 0 fully saturated rings. The summed E-state index contributed by atoms with van der Waals surface area (Å²) in [5.74, 6) is 0. The van der Waals surface area contributed by atoms with Crippen LogP contribution in [0.15, 0.2) is 48.5 Å². The SMILES string of the molecule is OCCCn1cnc(-c2csc(-c3cnn4ccccc34)n2)c1. The normalized spacial score (nSPS) is 11.3. The Hall–Kier alpha value is -2.51. The van der Waals surface area contributed by atoms with Crippen molar-refractivity contribution in [1.82, 2.24) is 24.1 Å². The Morgan fingerprint density at radius 1 is 1.22 bits per heavy atom. The summed E-state index contributed by atoms with van der Waals surface area (Å²) in [6.45, 7) is 0.942. The Bertz CT molecular complexity index is 939. The zero-order valence-corrected chi connectivity index (χ0v) is 13.1. The molecule has 1 N–H and O–H groups in total. The van der Waals surface area contributed by atoms with Crippen LogP contribution in [0.3, 0.4) is 0 Å². The van der Waals surface area contributed by atoms with E-state index in [9.17, 15) is 0 Å². The summed E-state index contributed by atoms with van der Waals surface area (Å²) in [6.07, 6.45) is 8.23. The maximum absolute atomic E-state index is 8.89. The molecule has 0 unspecified atom stereocenters. The zero-order valence-electron chi connectivity index (χ0n) is 12.3. The highest BCUT2D eigenvalue weighted by Crippen LogP contribution is 2.30. The molecule has 0 saturated heterocycles. The molecule has 23 heavy (non-hydrogen) atoms. The molecule has 0 aliphatic heterocycles. The molecule has 0 amide bonds. The average Bonchev–Trinajstić information content (AvgIpc) is 3.30. The van der Waals surface area contributed by atoms with Crippen molar-refractivity contribution in [2.45, 2.75) is 13.0 Å². The van der Waals surface area contributed by atoms with Gasteiger partial charge in [-0.2, -0.15) is 5.10 Å². The third-order valence-electron chi connectivity index (χ3n) is 3.63. The maximum Gasteiger partial charge on any atom is 0.127 e. The smallest absolute Gasteiger partial charge is 0.127 e. The highest BCUT2D eigenvalue weighted by molar-refractivity contribution is 7.13. The molecule has 6 nitrogen and oxygen atoms in total. The summed E-state index contributed by atoms with van der Waals surface area (Å²) in [5.41, 5.74) is 3.79. The molecule has 4 rings (SSSR count). The molecule has 4 heterocycles. The van der Waals surface area contributed by atoms with Crippen LogP contribution in [0.5, 0.6) is 0 Å². The van der Waals surface area contributed by atoms with Crippen LogP contribution in [0.4, 0.5) is 0 Å². The van der Waals surface area contributed by atoms with Gasteiger partial charge < -0.3 is 9.67 Å². The van der Waals surface area contributed by atoms with Crippen LogP contribution in [0, 0.1) is 0 Å². The first kappa shape index (κ1) is 14.1. The summed E-state index contributed by atoms with van der Waals surface area (Å²) in [7, 11) is 0. The Morgan fingerprint density at radius 3 is 3.09 bits per heavy atom. The van der Waals surface area contributed by atoms with Gasteiger partial charge >= 0.3 is 0 Å². The fourth-order valence-corrected chi connectivity index (χ4v) is 3.31. The largest absolute Gasteiger partial charge is 0.396 e. The topological polar surface area (TPSA) is 68.2 Å². The number of pyridine rings is 1. The second kappa shape index (κ2) is 5.94. The highest BCUT2D eigenvalue weighted by Gasteiger charge is 2.12. The quantitative estimate of drug-likeness (QED) is 0.612. The number of aromatic nitrogens is 5. The molecule has 7 heteroatoms. The molecule has 0 aliphatic rings. The van der Waals surface area contributed by atoms with Crippen molar-refractivity contribution >= 4 is 16.9 Å². The monoisotopic (exact) mass is 325 g/mol. The van der Waals surface area contributed by atoms with Gasteiger partial charge in [-0.05, 0) is 18.6 Å². The van der Waals surface area contributed by atoms with Gasteiger partial charge in [-0.3, -0.25) is 0 Å². The number of thiazole rings is 1. The third-order valence-corrected chi connectivity index (χ3v) is 4.51. The van der Waals surface area contributed by atoms with Crippen LogP contribution in [0.2, 0.25) is 0 Å². The van der Waals surface area contributed by atoms with Gasteiger partial charge in [0.25, 0.3) is 0 Å². The molecular weight excluding hydrogens is 310 g/mol. The van der Waals surface area contributed by atoms with Crippen LogP contribution in [-0.2, 0) is 6.54 Å². The standard InChI is InChI=1S/C16H15N5OS/c22-7-3-5-20-9-13(17-11-20)14-10-23-16(19-14)12-8-18-21-6-2-1-4-15(12)21/h1-2,4,6,8-11,22H,3,5,7H2. The lowest BCUT2D eigenvalue weighted by atomic mass is 10.3. The number of fused-ring (bicyclic) bond motifs is 1. The van der Waals surface area contributed by atoms with Crippen molar-refractivity contribution < 1.29 is 5.11 Å². The van der Waals surface area contributed by atoms with E-state index < -0.39 is 0 Å². The fourth-order valence-electron chi connectivity index (χ4n) is 2.48. The van der Waals surface area contributed by atoms with Gasteiger partial charge in [0.15, 0.2) is 0 Å². The summed E-state index contributed by atoms with van der Waals surface area (Å²) >= 11 is 1.59. The van der Waals surface area contributed by atoms with E-state index in [4.69, 9.17) is 10.1 Å². The molecule has 0 spiro atoms. The Labute approximate surface area is 136 Å². The van der Waals surface area contributed by atoms with E-state index in [1.165, 1.54) is 0 Å². The summed E-state index contributed by atoms with van der Waals surface area (Å²) < 4.78 is 3.82. The van der Waals surface area contributed by atoms with E-state index in [1.807, 2.05) is 51.3 Å². The average molecular weight is 325 g/mol. The zero-order chi connectivity index (χ0) is 15.6. The van der Waals surface area contributed by atoms with E-state index in [1.54, 1.807) is 17.7 Å². The van der Waals surface area contributed by atoms with Gasteiger partial charge in [0.05, 0.1) is 23.6 Å². The maximum atomic E-state index is 8.89. The molecular formula is C16H15N5OS. The van der Waals surface area contributed by atoms with E-state index in [2.05, 4.69) is 10.1 Å². The van der Waals surface area contributed by atoms with E-state index in [0.717, 1.165) is 40.4 Å². The fraction of sp³-hybridized carbons (Fsp3) is 0.188. The first-order valence-electron chi connectivity index (χ1n) is 7.36. The molecule has 4 aromatic rings. The Kier molecular flexibility index (Phi) is 3.64. The minimum absolute atomic E-state index is 0.184. The number of hydrogen-bond acceptors (Lipinski definition) is 5. The molecule has 0 aromatic carbocycles. The Balaban J connectivity index is 1.65. The highest BCUT2D eigenvalue weighted by atomic mass is 32.1. The van der Waals surface area contributed by atoms with Crippen LogP contribution >= 0.6 is 11.3 Å². The third kappa shape index (κ3) is 2.64. The van der Waals surface area contributed by atoms with Crippen LogP contribution in [0.1, 0.15) is 6.42 Å². The van der Waals surface area contributed by atoms with Crippen molar-refractivity contribution in [3.63, 3.8) is 0 Å². The van der Waals surface area contributed by atoms with Gasteiger partial charge in [-0.1, -0.05) is 6.07 Å². The summed E-state index contributed by atoms with van der Waals surface area (Å²) in [6, 6.07) is 5.99. The molecule has 0 saturated carbocycles. The number of aliphatic hydroxyl groups is 1. The second-order valence-electron chi connectivity index (χ2n) is 5.20. The number of hydrogen-bond donors (Lipinski definition) is 1. The molecule has 0 atom stereocenters. The second-order valence-corrected chi connectivity index (χ2v) is 6.06. The van der Waals surface area contributed by atoms with Crippen molar-refractivity contribution in [3.05, 3.63) is 48.5 Å². The molecule has 0 bridgehead atoms. The number of aliphatic hydroxyl groups excluding tert-OH is 1. The van der Waals surface area contributed by atoms with Gasteiger partial charge in [0, 0.05) is 30.9 Å². The minimum Gasteiger partial charge on any atom is -0.396 e. The molecule has 0 aliphatic carbocycles. The van der Waals surface area contributed by atoms with E-state index >= 15 is 0 Å². The van der Waals surface area contributed by atoms with Gasteiger partial charge in [-0.25, -0.2) is 14.5 Å². The van der Waals surface area contributed by atoms with Crippen molar-refractivity contribution in [2.24, 2.45) is 0 Å². The van der Waals surface area contributed by atoms with Crippen molar-refractivity contribution in [2.75, 3.05) is 6.61 Å². The molecule has 0 radical (unpaired) electrons. The number of aryl methyl sites for hydroxylation is 1. The first-order chi connectivity index (χ1) is 11.3. The molecule has 116 valence electrons. The van der Waals surface area contributed by atoms with Crippen molar-refractivity contribution in [3.8, 4) is 22.0 Å². The van der Waals surface area contributed by atoms with Crippen LogP contribution in [-0.4, -0.2) is 35.9 Å². The van der Waals surface area contributed by atoms with E-state index in [0.29, 0.717) is 0 Å². The van der Waals surface area contributed by atoms with Gasteiger partial charge in [-0.15, -0.1) is 11.3 Å². The number of rotatable bonds is 5. The van der Waals surface area contributed by atoms with E-state index in [-0.39, 0.29) is 6.61 Å². The van der Waals surface area contributed by atoms with Gasteiger partial charge in [0.2, 0.25) is 0 Å². The van der Waals surface area contributed by atoms with Crippen LogP contribution in [0.25, 0.3) is 27.5 Å². The lowest BCUT2D eigenvalue weighted by Gasteiger charge is -1.97.